The van der Waals surface area contributed by atoms with Crippen molar-refractivity contribution in [2.24, 2.45) is 17.1 Å². The van der Waals surface area contributed by atoms with Crippen LogP contribution >= 0.6 is 0 Å². The molecule has 0 bridgehead atoms. The Hall–Kier alpha value is -1.54. The zero-order chi connectivity index (χ0) is 16.2. The standard InChI is InChI=1S/C20H30N2/c1-20(2,3)14-17-13-18(21)9-10-19(17)16-7-5-15(6-8-16)11-12-22-4/h5-10,17,22H,11-14,21H2,1-4H3. The predicted octanol–water partition coefficient (Wildman–Crippen LogP) is 4.13. The summed E-state index contributed by atoms with van der Waals surface area (Å²) in [6.45, 7) is 7.94. The monoisotopic (exact) mass is 298 g/mol. The predicted molar refractivity (Wildman–Crippen MR) is 96.5 cm³/mol. The van der Waals surface area contributed by atoms with Gasteiger partial charge in [-0.3, -0.25) is 0 Å². The maximum absolute atomic E-state index is 6.07. The van der Waals surface area contributed by atoms with Gasteiger partial charge in [0.05, 0.1) is 0 Å². The molecular weight excluding hydrogens is 268 g/mol. The van der Waals surface area contributed by atoms with Crippen molar-refractivity contribution in [3.05, 3.63) is 53.2 Å². The van der Waals surface area contributed by atoms with Gasteiger partial charge in [0, 0.05) is 5.70 Å². The van der Waals surface area contributed by atoms with E-state index in [1.165, 1.54) is 16.7 Å². The van der Waals surface area contributed by atoms with Gasteiger partial charge in [0.1, 0.15) is 0 Å². The highest BCUT2D eigenvalue weighted by molar-refractivity contribution is 5.70. The summed E-state index contributed by atoms with van der Waals surface area (Å²) in [5.74, 6) is 0.521. The summed E-state index contributed by atoms with van der Waals surface area (Å²) in [6.07, 6.45) is 7.51. The van der Waals surface area contributed by atoms with Crippen LogP contribution in [-0.2, 0) is 6.42 Å². The summed E-state index contributed by atoms with van der Waals surface area (Å²) in [7, 11) is 2.00. The van der Waals surface area contributed by atoms with Gasteiger partial charge < -0.3 is 11.1 Å². The molecule has 2 heteroatoms. The highest BCUT2D eigenvalue weighted by atomic mass is 14.8. The number of nitrogens with two attached hydrogens (primary N) is 1. The lowest BCUT2D eigenvalue weighted by Crippen LogP contribution is -2.19. The molecular formula is C20H30N2. The molecule has 1 aromatic carbocycles. The first kappa shape index (κ1) is 16.8. The molecule has 0 saturated carbocycles. The minimum Gasteiger partial charge on any atom is -0.402 e. The largest absolute Gasteiger partial charge is 0.402 e. The van der Waals surface area contributed by atoms with Gasteiger partial charge in [0.2, 0.25) is 0 Å². The Bertz CT molecular complexity index is 544. The van der Waals surface area contributed by atoms with Crippen LogP contribution in [0.3, 0.4) is 0 Å². The highest BCUT2D eigenvalue weighted by Gasteiger charge is 2.25. The van der Waals surface area contributed by atoms with Crippen LogP contribution in [0.4, 0.5) is 0 Å². The Kier molecular flexibility index (Phi) is 5.47. The van der Waals surface area contributed by atoms with E-state index in [0.717, 1.165) is 31.5 Å². The molecule has 120 valence electrons. The van der Waals surface area contributed by atoms with Gasteiger partial charge in [-0.1, -0.05) is 51.1 Å². The van der Waals surface area contributed by atoms with Crippen molar-refractivity contribution in [1.29, 1.82) is 0 Å². The van der Waals surface area contributed by atoms with Crippen LogP contribution < -0.4 is 11.1 Å². The highest BCUT2D eigenvalue weighted by Crippen LogP contribution is 2.39. The Morgan fingerprint density at radius 3 is 2.41 bits per heavy atom. The molecule has 0 amide bonds. The van der Waals surface area contributed by atoms with Crippen molar-refractivity contribution in [1.82, 2.24) is 5.32 Å². The molecule has 0 heterocycles. The fourth-order valence-corrected chi connectivity index (χ4v) is 3.18. The number of hydrogen-bond acceptors (Lipinski definition) is 2. The number of likely N-dealkylation sites (N-methyl/N-ethyl adjacent to an activating group) is 1. The maximum atomic E-state index is 6.07. The SMILES string of the molecule is CNCCc1ccc(C2=CC=C(N)CC2CC(C)(C)C)cc1. The molecule has 0 aliphatic heterocycles. The molecule has 0 aromatic heterocycles. The molecule has 1 unspecified atom stereocenters. The fourth-order valence-electron chi connectivity index (χ4n) is 3.18. The Labute approximate surface area is 135 Å². The zero-order valence-electron chi connectivity index (χ0n) is 14.4. The molecule has 3 N–H and O–H groups in total. The molecule has 1 aromatic rings. The van der Waals surface area contributed by atoms with E-state index in [2.05, 4.69) is 62.5 Å². The van der Waals surface area contributed by atoms with Gasteiger partial charge >= 0.3 is 0 Å². The first-order valence-corrected chi connectivity index (χ1v) is 8.29. The van der Waals surface area contributed by atoms with E-state index < -0.39 is 0 Å². The second kappa shape index (κ2) is 7.15. The Balaban J connectivity index is 2.19. The van der Waals surface area contributed by atoms with Crippen LogP contribution in [0.15, 0.2) is 42.1 Å². The van der Waals surface area contributed by atoms with E-state index >= 15 is 0 Å². The summed E-state index contributed by atoms with van der Waals surface area (Å²) in [6, 6.07) is 9.04. The van der Waals surface area contributed by atoms with Gasteiger partial charge in [-0.2, -0.15) is 0 Å². The first-order chi connectivity index (χ1) is 10.4. The second-order valence-electron chi connectivity index (χ2n) is 7.58. The fraction of sp³-hybridized carbons (Fsp3) is 0.500. The van der Waals surface area contributed by atoms with Crippen LogP contribution in [0, 0.1) is 11.3 Å². The molecule has 1 aliphatic carbocycles. The number of rotatable bonds is 5. The number of benzene rings is 1. The van der Waals surface area contributed by atoms with Gasteiger partial charge in [-0.15, -0.1) is 0 Å². The van der Waals surface area contributed by atoms with Crippen molar-refractivity contribution in [3.63, 3.8) is 0 Å². The van der Waals surface area contributed by atoms with Crippen molar-refractivity contribution in [3.8, 4) is 0 Å². The van der Waals surface area contributed by atoms with Crippen LogP contribution in [0.1, 0.15) is 44.7 Å². The molecule has 0 saturated heterocycles. The van der Waals surface area contributed by atoms with Gasteiger partial charge in [-0.25, -0.2) is 0 Å². The zero-order valence-corrected chi connectivity index (χ0v) is 14.4. The van der Waals surface area contributed by atoms with Crippen LogP contribution in [0.25, 0.3) is 5.57 Å². The third kappa shape index (κ3) is 4.74. The average molecular weight is 298 g/mol. The molecule has 1 aliphatic rings. The average Bonchev–Trinajstić information content (AvgIpc) is 2.44. The molecule has 22 heavy (non-hydrogen) atoms. The Morgan fingerprint density at radius 2 is 1.82 bits per heavy atom. The topological polar surface area (TPSA) is 38.0 Å². The van der Waals surface area contributed by atoms with Crippen molar-refractivity contribution < 1.29 is 0 Å². The number of nitrogens with one attached hydrogen (secondary N) is 1. The summed E-state index contributed by atoms with van der Waals surface area (Å²) in [5.41, 5.74) is 11.5. The number of hydrogen-bond donors (Lipinski definition) is 2. The smallest absolute Gasteiger partial charge is 0.00867 e. The summed E-state index contributed by atoms with van der Waals surface area (Å²) < 4.78 is 0. The van der Waals surface area contributed by atoms with Crippen LogP contribution in [-0.4, -0.2) is 13.6 Å². The van der Waals surface area contributed by atoms with Crippen LogP contribution in [0.5, 0.6) is 0 Å². The van der Waals surface area contributed by atoms with E-state index in [9.17, 15) is 0 Å². The van der Waals surface area contributed by atoms with E-state index in [4.69, 9.17) is 5.73 Å². The minimum atomic E-state index is 0.314. The normalized spacial score (nSPS) is 18.8. The molecule has 0 fully saturated rings. The summed E-state index contributed by atoms with van der Waals surface area (Å²) in [5, 5.41) is 3.20. The third-order valence-corrected chi connectivity index (χ3v) is 4.21. The minimum absolute atomic E-state index is 0.314. The van der Waals surface area contributed by atoms with E-state index in [1.807, 2.05) is 7.05 Å². The van der Waals surface area contributed by atoms with Crippen molar-refractivity contribution >= 4 is 5.57 Å². The lowest BCUT2D eigenvalue weighted by atomic mass is 9.75. The molecule has 1 atom stereocenters. The van der Waals surface area contributed by atoms with E-state index in [0.29, 0.717) is 11.3 Å². The van der Waals surface area contributed by atoms with Gasteiger partial charge in [0.25, 0.3) is 0 Å². The van der Waals surface area contributed by atoms with Crippen molar-refractivity contribution in [2.75, 3.05) is 13.6 Å². The molecule has 0 radical (unpaired) electrons. The van der Waals surface area contributed by atoms with Crippen LogP contribution in [0.2, 0.25) is 0 Å². The molecule has 0 spiro atoms. The van der Waals surface area contributed by atoms with Crippen molar-refractivity contribution in [2.45, 2.75) is 40.0 Å². The summed E-state index contributed by atoms with van der Waals surface area (Å²) >= 11 is 0. The third-order valence-electron chi connectivity index (χ3n) is 4.21. The van der Waals surface area contributed by atoms with Gasteiger partial charge in [-0.05, 0) is 67.0 Å². The van der Waals surface area contributed by atoms with Gasteiger partial charge in [0.15, 0.2) is 0 Å². The first-order valence-electron chi connectivity index (χ1n) is 8.29. The molecule has 2 rings (SSSR count). The Morgan fingerprint density at radius 1 is 1.14 bits per heavy atom. The maximum Gasteiger partial charge on any atom is 0.00867 e. The molecule has 2 nitrogen and oxygen atoms in total. The van der Waals surface area contributed by atoms with E-state index in [1.54, 1.807) is 0 Å². The van der Waals surface area contributed by atoms with E-state index in [-0.39, 0.29) is 0 Å². The lowest BCUT2D eigenvalue weighted by Gasteiger charge is -2.30. The second-order valence-corrected chi connectivity index (χ2v) is 7.58. The number of allylic oxidation sites excluding steroid dienone is 4. The summed E-state index contributed by atoms with van der Waals surface area (Å²) in [4.78, 5) is 0. The quantitative estimate of drug-likeness (QED) is 0.857. The lowest BCUT2D eigenvalue weighted by molar-refractivity contribution is 0.328.